The zero-order chi connectivity index (χ0) is 10.6. The quantitative estimate of drug-likeness (QED) is 0.692. The van der Waals surface area contributed by atoms with Gasteiger partial charge in [-0.3, -0.25) is 0 Å². The second-order valence-corrected chi connectivity index (χ2v) is 4.52. The zero-order valence-corrected chi connectivity index (χ0v) is 9.45. The van der Waals surface area contributed by atoms with E-state index in [1.807, 2.05) is 0 Å². The van der Waals surface area contributed by atoms with Crippen molar-refractivity contribution in [2.45, 2.75) is 50.9 Å². The van der Waals surface area contributed by atoms with Crippen LogP contribution in [0.15, 0.2) is 0 Å². The molecule has 84 valence electrons. The molecule has 0 bridgehead atoms. The first kappa shape index (κ1) is 12.0. The zero-order valence-electron chi connectivity index (χ0n) is 9.45. The molecule has 1 atom stereocenters. The van der Waals surface area contributed by atoms with Crippen molar-refractivity contribution in [3.05, 3.63) is 0 Å². The highest BCUT2D eigenvalue weighted by atomic mass is 16.7. The Morgan fingerprint density at radius 1 is 1.29 bits per heavy atom. The summed E-state index contributed by atoms with van der Waals surface area (Å²) < 4.78 is 10.2. The molecule has 1 rings (SSSR count). The van der Waals surface area contributed by atoms with Gasteiger partial charge in [0.15, 0.2) is 6.29 Å². The minimum atomic E-state index is -0.863. The highest BCUT2D eigenvalue weighted by Crippen LogP contribution is 2.33. The van der Waals surface area contributed by atoms with Crippen molar-refractivity contribution in [3.63, 3.8) is 0 Å². The van der Waals surface area contributed by atoms with Crippen LogP contribution in [0, 0.1) is 5.92 Å². The molecule has 1 saturated carbocycles. The molecule has 0 aromatic rings. The lowest BCUT2D eigenvalue weighted by Crippen LogP contribution is -2.43. The molecule has 3 heteroatoms. The van der Waals surface area contributed by atoms with Crippen molar-refractivity contribution in [1.29, 1.82) is 0 Å². The van der Waals surface area contributed by atoms with Gasteiger partial charge in [0.1, 0.15) is 5.60 Å². The predicted octanol–water partition coefficient (Wildman–Crippen LogP) is 1.94. The van der Waals surface area contributed by atoms with Crippen molar-refractivity contribution in [2.75, 3.05) is 14.2 Å². The van der Waals surface area contributed by atoms with E-state index in [1.165, 1.54) is 25.7 Å². The summed E-state index contributed by atoms with van der Waals surface area (Å²) >= 11 is 0. The van der Waals surface area contributed by atoms with Gasteiger partial charge in [-0.25, -0.2) is 0 Å². The number of methoxy groups -OCH3 is 2. The summed E-state index contributed by atoms with van der Waals surface area (Å²) in [6.07, 6.45) is 5.32. The van der Waals surface area contributed by atoms with E-state index in [4.69, 9.17) is 9.47 Å². The molecule has 3 nitrogen and oxygen atoms in total. The second kappa shape index (κ2) is 5.10. The number of hydrogen-bond acceptors (Lipinski definition) is 3. The van der Waals surface area contributed by atoms with Crippen LogP contribution in [-0.2, 0) is 9.47 Å². The monoisotopic (exact) mass is 202 g/mol. The van der Waals surface area contributed by atoms with Crippen LogP contribution in [0.2, 0.25) is 0 Å². The lowest BCUT2D eigenvalue weighted by Gasteiger charge is -2.32. The van der Waals surface area contributed by atoms with E-state index < -0.39 is 11.9 Å². The molecular weight excluding hydrogens is 180 g/mol. The van der Waals surface area contributed by atoms with Crippen LogP contribution in [0.5, 0.6) is 0 Å². The summed E-state index contributed by atoms with van der Waals surface area (Å²) in [6.45, 7) is 1.79. The van der Waals surface area contributed by atoms with Crippen molar-refractivity contribution in [3.8, 4) is 0 Å². The highest BCUT2D eigenvalue weighted by Gasteiger charge is 2.35. The molecule has 0 spiro atoms. The summed E-state index contributed by atoms with van der Waals surface area (Å²) in [5.74, 6) is 0.637. The summed E-state index contributed by atoms with van der Waals surface area (Å²) in [6, 6.07) is 0. The maximum absolute atomic E-state index is 10.2. The van der Waals surface area contributed by atoms with Crippen LogP contribution in [0.25, 0.3) is 0 Å². The fourth-order valence-electron chi connectivity index (χ4n) is 2.50. The summed E-state index contributed by atoms with van der Waals surface area (Å²) in [7, 11) is 3.13. The number of aliphatic hydroxyl groups is 1. The van der Waals surface area contributed by atoms with E-state index >= 15 is 0 Å². The molecule has 0 aromatic heterocycles. The standard InChI is InChI=1S/C11H22O3/c1-11(12,10(13-2)14-3)8-9-6-4-5-7-9/h9-10,12H,4-8H2,1-3H3. The molecule has 0 radical (unpaired) electrons. The Bertz CT molecular complexity index is 158. The lowest BCUT2D eigenvalue weighted by atomic mass is 9.90. The molecule has 1 aliphatic carbocycles. The molecule has 0 aromatic carbocycles. The average molecular weight is 202 g/mol. The number of ether oxygens (including phenoxy) is 2. The Morgan fingerprint density at radius 3 is 2.21 bits per heavy atom. The van der Waals surface area contributed by atoms with Crippen LogP contribution >= 0.6 is 0 Å². The normalized spacial score (nSPS) is 22.9. The van der Waals surface area contributed by atoms with Crippen LogP contribution < -0.4 is 0 Å². The van der Waals surface area contributed by atoms with Gasteiger partial charge >= 0.3 is 0 Å². The van der Waals surface area contributed by atoms with E-state index in [0.29, 0.717) is 5.92 Å². The SMILES string of the molecule is COC(OC)C(C)(O)CC1CCCC1. The van der Waals surface area contributed by atoms with Gasteiger partial charge in [0.25, 0.3) is 0 Å². The third-order valence-electron chi connectivity index (χ3n) is 3.11. The predicted molar refractivity (Wildman–Crippen MR) is 55.0 cm³/mol. The molecule has 0 aliphatic heterocycles. The molecule has 1 N–H and O–H groups in total. The van der Waals surface area contributed by atoms with Crippen molar-refractivity contribution in [1.82, 2.24) is 0 Å². The van der Waals surface area contributed by atoms with Crippen molar-refractivity contribution >= 4 is 0 Å². The fourth-order valence-corrected chi connectivity index (χ4v) is 2.50. The summed E-state index contributed by atoms with van der Waals surface area (Å²) in [5.41, 5.74) is -0.863. The Balaban J connectivity index is 2.45. The highest BCUT2D eigenvalue weighted by molar-refractivity contribution is 4.82. The third kappa shape index (κ3) is 2.94. The number of hydrogen-bond donors (Lipinski definition) is 1. The van der Waals surface area contributed by atoms with E-state index in [2.05, 4.69) is 0 Å². The molecular formula is C11H22O3. The van der Waals surface area contributed by atoms with Gasteiger partial charge in [-0.15, -0.1) is 0 Å². The first-order valence-corrected chi connectivity index (χ1v) is 5.38. The summed E-state index contributed by atoms with van der Waals surface area (Å²) in [5, 5.41) is 10.2. The molecule has 0 saturated heterocycles. The van der Waals surface area contributed by atoms with Crippen LogP contribution in [-0.4, -0.2) is 31.2 Å². The van der Waals surface area contributed by atoms with Gasteiger partial charge in [-0.1, -0.05) is 25.7 Å². The molecule has 0 heterocycles. The summed E-state index contributed by atoms with van der Waals surface area (Å²) in [4.78, 5) is 0. The van der Waals surface area contributed by atoms with Gasteiger partial charge in [-0.05, 0) is 19.3 Å². The Kier molecular flexibility index (Phi) is 4.35. The van der Waals surface area contributed by atoms with E-state index in [9.17, 15) is 5.11 Å². The van der Waals surface area contributed by atoms with Gasteiger partial charge in [0.2, 0.25) is 0 Å². The van der Waals surface area contributed by atoms with E-state index in [-0.39, 0.29) is 0 Å². The number of rotatable bonds is 5. The molecule has 1 unspecified atom stereocenters. The third-order valence-corrected chi connectivity index (χ3v) is 3.11. The maximum Gasteiger partial charge on any atom is 0.185 e. The molecule has 1 aliphatic rings. The first-order valence-electron chi connectivity index (χ1n) is 5.38. The maximum atomic E-state index is 10.2. The molecule has 0 amide bonds. The smallest absolute Gasteiger partial charge is 0.185 e. The lowest BCUT2D eigenvalue weighted by molar-refractivity contribution is -0.213. The average Bonchev–Trinajstić information content (AvgIpc) is 2.57. The van der Waals surface area contributed by atoms with Gasteiger partial charge in [0.05, 0.1) is 0 Å². The van der Waals surface area contributed by atoms with Crippen LogP contribution in [0.1, 0.15) is 39.0 Å². The second-order valence-electron chi connectivity index (χ2n) is 4.52. The van der Waals surface area contributed by atoms with E-state index in [1.54, 1.807) is 21.1 Å². The van der Waals surface area contributed by atoms with Gasteiger partial charge in [-0.2, -0.15) is 0 Å². The van der Waals surface area contributed by atoms with E-state index in [0.717, 1.165) is 6.42 Å². The first-order chi connectivity index (χ1) is 6.60. The Labute approximate surface area is 86.4 Å². The van der Waals surface area contributed by atoms with Crippen LogP contribution in [0.3, 0.4) is 0 Å². The fraction of sp³-hybridized carbons (Fsp3) is 1.00. The molecule has 14 heavy (non-hydrogen) atoms. The Morgan fingerprint density at radius 2 is 1.79 bits per heavy atom. The van der Waals surface area contributed by atoms with Crippen LogP contribution in [0.4, 0.5) is 0 Å². The molecule has 1 fully saturated rings. The topological polar surface area (TPSA) is 38.7 Å². The minimum Gasteiger partial charge on any atom is -0.385 e. The van der Waals surface area contributed by atoms with Gasteiger partial charge in [0, 0.05) is 14.2 Å². The Hall–Kier alpha value is -0.120. The largest absolute Gasteiger partial charge is 0.385 e. The minimum absolute atomic E-state index is 0.511. The van der Waals surface area contributed by atoms with Gasteiger partial charge < -0.3 is 14.6 Å². The van der Waals surface area contributed by atoms with Crippen molar-refractivity contribution < 1.29 is 14.6 Å². The van der Waals surface area contributed by atoms with Crippen molar-refractivity contribution in [2.24, 2.45) is 5.92 Å².